The summed E-state index contributed by atoms with van der Waals surface area (Å²) in [6.45, 7) is 1.52. The van der Waals surface area contributed by atoms with Gasteiger partial charge in [0.25, 0.3) is 0 Å². The smallest absolute Gasteiger partial charge is 0.117 e. The molecule has 2 heteroatoms. The largest absolute Gasteiger partial charge is 0.313 e. The average molecular weight is 129 g/mol. The van der Waals surface area contributed by atoms with Gasteiger partial charge in [-0.15, -0.1) is 0 Å². The highest BCUT2D eigenvalue weighted by atomic mass is 19.1. The molecule has 2 atom stereocenters. The van der Waals surface area contributed by atoms with Crippen LogP contribution in [0.1, 0.15) is 12.8 Å². The zero-order valence-electron chi connectivity index (χ0n) is 5.44. The van der Waals surface area contributed by atoms with Gasteiger partial charge in [-0.2, -0.15) is 0 Å². The number of nitrogens with one attached hydrogen (secondary N) is 1. The van der Waals surface area contributed by atoms with E-state index in [1.165, 1.54) is 12.8 Å². The van der Waals surface area contributed by atoms with Crippen LogP contribution in [-0.2, 0) is 0 Å². The maximum atomic E-state index is 12.8. The quantitative estimate of drug-likeness (QED) is 0.556. The van der Waals surface area contributed by atoms with Gasteiger partial charge in [0.05, 0.1) is 0 Å². The molecule has 1 nitrogen and oxygen atoms in total. The summed E-state index contributed by atoms with van der Waals surface area (Å²) in [6.07, 6.45) is 2.00. The van der Waals surface area contributed by atoms with Crippen molar-refractivity contribution in [1.29, 1.82) is 0 Å². The highest BCUT2D eigenvalue weighted by Gasteiger charge is 2.39. The van der Waals surface area contributed by atoms with E-state index in [4.69, 9.17) is 0 Å². The van der Waals surface area contributed by atoms with Gasteiger partial charge < -0.3 is 5.32 Å². The summed E-state index contributed by atoms with van der Waals surface area (Å²) in [5.74, 6) is 1.10. The second-order valence-electron chi connectivity index (χ2n) is 3.18. The summed E-state index contributed by atoms with van der Waals surface area (Å²) in [7, 11) is 0. The lowest BCUT2D eigenvalue weighted by atomic mass is 10.0. The van der Waals surface area contributed by atoms with Crippen molar-refractivity contribution in [3.8, 4) is 0 Å². The molecule has 0 radical (unpaired) electrons. The molecule has 0 aromatic carbocycles. The third-order valence-electron chi connectivity index (χ3n) is 2.41. The van der Waals surface area contributed by atoms with Gasteiger partial charge in [-0.1, -0.05) is 0 Å². The molecule has 9 heavy (non-hydrogen) atoms. The number of alkyl halides is 1. The molecule has 0 aromatic heterocycles. The Balaban J connectivity index is 1.93. The van der Waals surface area contributed by atoms with Crippen molar-refractivity contribution >= 4 is 0 Å². The van der Waals surface area contributed by atoms with Crippen molar-refractivity contribution in [3.05, 3.63) is 0 Å². The maximum Gasteiger partial charge on any atom is 0.117 e. The molecule has 1 aliphatic carbocycles. The lowest BCUT2D eigenvalue weighted by Crippen LogP contribution is -2.14. The van der Waals surface area contributed by atoms with Crippen LogP contribution in [0.25, 0.3) is 0 Å². The van der Waals surface area contributed by atoms with Crippen LogP contribution in [0.5, 0.6) is 0 Å². The molecular weight excluding hydrogens is 117 g/mol. The first-order chi connectivity index (χ1) is 4.38. The van der Waals surface area contributed by atoms with Gasteiger partial charge in [0.1, 0.15) is 6.17 Å². The monoisotopic (exact) mass is 129 g/mol. The van der Waals surface area contributed by atoms with Gasteiger partial charge in [0, 0.05) is 19.0 Å². The summed E-state index contributed by atoms with van der Waals surface area (Å²) in [5, 5.41) is 3.07. The number of halogens is 1. The third-order valence-corrected chi connectivity index (χ3v) is 2.41. The Morgan fingerprint density at radius 2 is 2.00 bits per heavy atom. The van der Waals surface area contributed by atoms with Gasteiger partial charge >= 0.3 is 0 Å². The van der Waals surface area contributed by atoms with E-state index < -0.39 is 6.17 Å². The zero-order valence-corrected chi connectivity index (χ0v) is 5.44. The van der Waals surface area contributed by atoms with Gasteiger partial charge in [0.15, 0.2) is 0 Å². The fourth-order valence-electron chi connectivity index (χ4n) is 1.65. The van der Waals surface area contributed by atoms with Crippen LogP contribution in [0.4, 0.5) is 4.39 Å². The average Bonchev–Trinajstić information content (AvgIpc) is 2.58. The Morgan fingerprint density at radius 1 is 1.22 bits per heavy atom. The van der Waals surface area contributed by atoms with E-state index in [0.29, 0.717) is 12.5 Å². The first-order valence-corrected chi connectivity index (χ1v) is 3.72. The molecule has 1 saturated carbocycles. The van der Waals surface area contributed by atoms with Crippen molar-refractivity contribution in [2.24, 2.45) is 11.8 Å². The standard InChI is InChI=1S/C7H12FN/c8-7-4-9-3-6(7)5-1-2-5/h5-7,9H,1-4H2/t6-,7-/m1/s1. The van der Waals surface area contributed by atoms with Crippen LogP contribution in [0, 0.1) is 11.8 Å². The molecule has 2 rings (SSSR count). The van der Waals surface area contributed by atoms with Gasteiger partial charge in [-0.25, -0.2) is 4.39 Å². The Hall–Kier alpha value is -0.110. The van der Waals surface area contributed by atoms with E-state index in [0.717, 1.165) is 12.5 Å². The molecule has 1 N–H and O–H groups in total. The molecule has 1 heterocycles. The van der Waals surface area contributed by atoms with E-state index in [-0.39, 0.29) is 0 Å². The van der Waals surface area contributed by atoms with E-state index in [9.17, 15) is 4.39 Å². The summed E-state index contributed by atoms with van der Waals surface area (Å²) in [4.78, 5) is 0. The molecule has 0 bridgehead atoms. The lowest BCUT2D eigenvalue weighted by Gasteiger charge is -2.07. The topological polar surface area (TPSA) is 12.0 Å². The summed E-state index contributed by atoms with van der Waals surface area (Å²) < 4.78 is 12.8. The third kappa shape index (κ3) is 0.960. The van der Waals surface area contributed by atoms with Crippen LogP contribution >= 0.6 is 0 Å². The van der Waals surface area contributed by atoms with Gasteiger partial charge in [-0.05, 0) is 18.8 Å². The van der Waals surface area contributed by atoms with E-state index in [1.54, 1.807) is 0 Å². The fraction of sp³-hybridized carbons (Fsp3) is 1.00. The van der Waals surface area contributed by atoms with Crippen molar-refractivity contribution < 1.29 is 4.39 Å². The minimum Gasteiger partial charge on any atom is -0.313 e. The molecule has 1 saturated heterocycles. The zero-order chi connectivity index (χ0) is 6.27. The predicted octanol–water partition coefficient (Wildman–Crippen LogP) is 0.954. The summed E-state index contributed by atoms with van der Waals surface area (Å²) in [5.41, 5.74) is 0. The highest BCUT2D eigenvalue weighted by Crippen LogP contribution is 2.40. The fourth-order valence-corrected chi connectivity index (χ4v) is 1.65. The molecule has 2 fully saturated rings. The number of hydrogen-bond acceptors (Lipinski definition) is 1. The first kappa shape index (κ1) is 5.66. The molecule has 52 valence electrons. The van der Waals surface area contributed by atoms with Crippen LogP contribution in [0.3, 0.4) is 0 Å². The summed E-state index contributed by atoms with van der Waals surface area (Å²) in [6, 6.07) is 0. The van der Waals surface area contributed by atoms with E-state index in [1.807, 2.05) is 0 Å². The van der Waals surface area contributed by atoms with Crippen molar-refractivity contribution in [2.45, 2.75) is 19.0 Å². The van der Waals surface area contributed by atoms with Crippen LogP contribution in [-0.4, -0.2) is 19.3 Å². The Kier molecular flexibility index (Phi) is 1.22. The van der Waals surface area contributed by atoms with Gasteiger partial charge in [-0.3, -0.25) is 0 Å². The molecule has 1 aliphatic heterocycles. The van der Waals surface area contributed by atoms with Crippen molar-refractivity contribution in [1.82, 2.24) is 5.32 Å². The van der Waals surface area contributed by atoms with Gasteiger partial charge in [0.2, 0.25) is 0 Å². The number of rotatable bonds is 1. The molecule has 0 aromatic rings. The number of hydrogen-bond donors (Lipinski definition) is 1. The lowest BCUT2D eigenvalue weighted by molar-refractivity contribution is 0.262. The van der Waals surface area contributed by atoms with Crippen LogP contribution in [0.15, 0.2) is 0 Å². The maximum absolute atomic E-state index is 12.8. The molecule has 0 amide bonds. The minimum absolute atomic E-state index is 0.366. The SMILES string of the molecule is F[C@@H]1CNC[C@@H]1C1CC1. The summed E-state index contributed by atoms with van der Waals surface area (Å²) >= 11 is 0. The second kappa shape index (κ2) is 1.94. The van der Waals surface area contributed by atoms with Crippen LogP contribution in [0.2, 0.25) is 0 Å². The molecule has 2 aliphatic rings. The van der Waals surface area contributed by atoms with Crippen LogP contribution < -0.4 is 5.32 Å². The Bertz CT molecular complexity index is 111. The predicted molar refractivity (Wildman–Crippen MR) is 34.0 cm³/mol. The van der Waals surface area contributed by atoms with Crippen molar-refractivity contribution in [2.75, 3.05) is 13.1 Å². The second-order valence-corrected chi connectivity index (χ2v) is 3.18. The molecule has 0 unspecified atom stereocenters. The highest BCUT2D eigenvalue weighted by molar-refractivity contribution is 4.91. The van der Waals surface area contributed by atoms with E-state index in [2.05, 4.69) is 5.32 Å². The normalized spacial score (nSPS) is 43.7. The van der Waals surface area contributed by atoms with E-state index >= 15 is 0 Å². The minimum atomic E-state index is -0.544. The Morgan fingerprint density at radius 3 is 2.44 bits per heavy atom. The Labute approximate surface area is 54.6 Å². The molecule has 0 spiro atoms. The molecular formula is C7H12FN. The van der Waals surface area contributed by atoms with Crippen molar-refractivity contribution in [3.63, 3.8) is 0 Å². The first-order valence-electron chi connectivity index (χ1n) is 3.72.